The van der Waals surface area contributed by atoms with Crippen molar-refractivity contribution >= 4 is 11.9 Å². The van der Waals surface area contributed by atoms with E-state index in [4.69, 9.17) is 14.9 Å². The highest BCUT2D eigenvalue weighted by Gasteiger charge is 2.09. The predicted octanol–water partition coefficient (Wildman–Crippen LogP) is 0.899. The van der Waals surface area contributed by atoms with Gasteiger partial charge in [0.2, 0.25) is 0 Å². The molecule has 0 aliphatic heterocycles. The number of carboxylic acid groups (broad SMARTS) is 2. The molecule has 0 radical (unpaired) electrons. The summed E-state index contributed by atoms with van der Waals surface area (Å²) in [7, 11) is 0. The van der Waals surface area contributed by atoms with E-state index in [9.17, 15) is 9.59 Å². The lowest BCUT2D eigenvalue weighted by molar-refractivity contribution is -0.135. The number of unbranched alkanes of at least 4 members (excludes halogenated alkanes) is 1. The van der Waals surface area contributed by atoms with Gasteiger partial charge in [0, 0.05) is 12.7 Å². The number of rotatable bonds is 7. The number of carboxylic acids is 2. The molecule has 0 bridgehead atoms. The van der Waals surface area contributed by atoms with Crippen molar-refractivity contribution in [3.63, 3.8) is 0 Å². The second kappa shape index (κ2) is 7.08. The lowest BCUT2D eigenvalue weighted by Gasteiger charge is -2.02. The zero-order valence-corrected chi connectivity index (χ0v) is 8.02. The molecule has 14 heavy (non-hydrogen) atoms. The second-order valence-electron chi connectivity index (χ2n) is 2.72. The van der Waals surface area contributed by atoms with Crippen LogP contribution in [0.1, 0.15) is 19.8 Å². The molecule has 0 atom stereocenters. The monoisotopic (exact) mass is 202 g/mol. The summed E-state index contributed by atoms with van der Waals surface area (Å²) in [6, 6.07) is 0. The molecule has 0 saturated heterocycles. The van der Waals surface area contributed by atoms with Crippen molar-refractivity contribution in [2.75, 3.05) is 13.2 Å². The Balaban J connectivity index is 3.99. The Bertz CT molecular complexity index is 231. The second-order valence-corrected chi connectivity index (χ2v) is 2.72. The summed E-state index contributed by atoms with van der Waals surface area (Å²) in [6.45, 7) is 2.26. The largest absolute Gasteiger partial charge is 0.478 e. The van der Waals surface area contributed by atoms with Crippen LogP contribution in [-0.4, -0.2) is 35.4 Å². The van der Waals surface area contributed by atoms with Gasteiger partial charge in [-0.25, -0.2) is 9.59 Å². The molecular formula is C9H14O5. The van der Waals surface area contributed by atoms with Crippen molar-refractivity contribution in [2.24, 2.45) is 0 Å². The molecule has 0 saturated carbocycles. The maximum Gasteiger partial charge on any atom is 0.334 e. The molecule has 0 rings (SSSR count). The molecule has 0 unspecified atom stereocenters. The number of ether oxygens (including phenoxy) is 1. The number of carbonyl (C=O) groups is 2. The van der Waals surface area contributed by atoms with Crippen molar-refractivity contribution in [1.29, 1.82) is 0 Å². The molecule has 0 aromatic heterocycles. The molecule has 5 heteroatoms. The Morgan fingerprint density at radius 2 is 2.00 bits per heavy atom. The lowest BCUT2D eigenvalue weighted by atomic mass is 10.2. The van der Waals surface area contributed by atoms with Crippen LogP contribution in [-0.2, 0) is 14.3 Å². The van der Waals surface area contributed by atoms with Gasteiger partial charge in [0.15, 0.2) is 0 Å². The van der Waals surface area contributed by atoms with Crippen LogP contribution in [0.4, 0.5) is 0 Å². The summed E-state index contributed by atoms with van der Waals surface area (Å²) in [5.74, 6) is -2.54. The maximum atomic E-state index is 10.5. The van der Waals surface area contributed by atoms with E-state index in [0.717, 1.165) is 12.8 Å². The minimum Gasteiger partial charge on any atom is -0.478 e. The summed E-state index contributed by atoms with van der Waals surface area (Å²) in [6.07, 6.45) is 2.43. The van der Waals surface area contributed by atoms with E-state index in [0.29, 0.717) is 12.7 Å². The van der Waals surface area contributed by atoms with E-state index in [1.807, 2.05) is 6.92 Å². The summed E-state index contributed by atoms with van der Waals surface area (Å²) >= 11 is 0. The zero-order valence-electron chi connectivity index (χ0n) is 8.02. The van der Waals surface area contributed by atoms with E-state index in [-0.39, 0.29) is 12.2 Å². The molecular weight excluding hydrogens is 188 g/mol. The van der Waals surface area contributed by atoms with Crippen LogP contribution >= 0.6 is 0 Å². The van der Waals surface area contributed by atoms with Gasteiger partial charge >= 0.3 is 11.9 Å². The van der Waals surface area contributed by atoms with Gasteiger partial charge in [-0.2, -0.15) is 0 Å². The van der Waals surface area contributed by atoms with Gasteiger partial charge in [-0.05, 0) is 6.42 Å². The number of hydrogen-bond acceptors (Lipinski definition) is 3. The van der Waals surface area contributed by atoms with Crippen LogP contribution in [0.5, 0.6) is 0 Å². The van der Waals surface area contributed by atoms with Gasteiger partial charge in [0.1, 0.15) is 0 Å². The molecule has 0 heterocycles. The summed E-state index contributed by atoms with van der Waals surface area (Å²) in [4.78, 5) is 20.7. The third-order valence-electron chi connectivity index (χ3n) is 1.47. The van der Waals surface area contributed by atoms with Gasteiger partial charge in [-0.3, -0.25) is 0 Å². The van der Waals surface area contributed by atoms with Crippen LogP contribution < -0.4 is 0 Å². The van der Waals surface area contributed by atoms with Crippen LogP contribution in [0.2, 0.25) is 0 Å². The first kappa shape index (κ1) is 12.6. The first-order valence-electron chi connectivity index (χ1n) is 4.32. The Morgan fingerprint density at radius 3 is 2.43 bits per heavy atom. The lowest BCUT2D eigenvalue weighted by Crippen LogP contribution is -2.11. The molecule has 0 amide bonds. The molecule has 0 spiro atoms. The highest BCUT2D eigenvalue weighted by atomic mass is 16.5. The van der Waals surface area contributed by atoms with Crippen LogP contribution in [0, 0.1) is 0 Å². The molecule has 0 aliphatic rings. The normalized spacial score (nSPS) is 11.4. The topological polar surface area (TPSA) is 83.8 Å². The van der Waals surface area contributed by atoms with Gasteiger partial charge in [-0.15, -0.1) is 0 Å². The van der Waals surface area contributed by atoms with Gasteiger partial charge < -0.3 is 14.9 Å². The minimum absolute atomic E-state index is 0.165. The van der Waals surface area contributed by atoms with Crippen molar-refractivity contribution in [3.05, 3.63) is 11.6 Å². The molecule has 80 valence electrons. The van der Waals surface area contributed by atoms with E-state index in [2.05, 4.69) is 0 Å². The molecule has 0 fully saturated rings. The highest BCUT2D eigenvalue weighted by molar-refractivity contribution is 5.94. The van der Waals surface area contributed by atoms with Crippen LogP contribution in [0.3, 0.4) is 0 Å². The summed E-state index contributed by atoms with van der Waals surface area (Å²) in [5, 5.41) is 16.9. The molecule has 0 aromatic rings. The standard InChI is InChI=1S/C9H14O5/c1-2-3-4-14-6-7(9(12)13)5-8(10)11/h5H,2-4,6H2,1H3,(H,10,11)(H,12,13)/b7-5-. The molecule has 0 aliphatic carbocycles. The Hall–Kier alpha value is -1.36. The van der Waals surface area contributed by atoms with Crippen LogP contribution in [0.25, 0.3) is 0 Å². The SMILES string of the molecule is CCCCOC/C(=C/C(=O)O)C(=O)O. The Labute approximate surface area is 82.0 Å². The first-order chi connectivity index (χ1) is 6.57. The quantitative estimate of drug-likeness (QED) is 0.473. The van der Waals surface area contributed by atoms with Gasteiger partial charge in [0.25, 0.3) is 0 Å². The Morgan fingerprint density at radius 1 is 1.36 bits per heavy atom. The average molecular weight is 202 g/mol. The minimum atomic E-state index is -1.28. The number of aliphatic carboxylic acids is 2. The Kier molecular flexibility index (Phi) is 6.39. The predicted molar refractivity (Wildman–Crippen MR) is 49.1 cm³/mol. The smallest absolute Gasteiger partial charge is 0.334 e. The van der Waals surface area contributed by atoms with E-state index >= 15 is 0 Å². The van der Waals surface area contributed by atoms with Crippen molar-refractivity contribution in [1.82, 2.24) is 0 Å². The van der Waals surface area contributed by atoms with Crippen molar-refractivity contribution < 1.29 is 24.5 Å². The summed E-state index contributed by atoms with van der Waals surface area (Å²) in [5.41, 5.74) is -0.242. The maximum absolute atomic E-state index is 10.5. The molecule has 5 nitrogen and oxygen atoms in total. The van der Waals surface area contributed by atoms with E-state index in [1.54, 1.807) is 0 Å². The van der Waals surface area contributed by atoms with Crippen LogP contribution in [0.15, 0.2) is 11.6 Å². The van der Waals surface area contributed by atoms with Gasteiger partial charge in [0.05, 0.1) is 12.2 Å². The van der Waals surface area contributed by atoms with Crippen molar-refractivity contribution in [3.8, 4) is 0 Å². The zero-order chi connectivity index (χ0) is 11.0. The fraction of sp³-hybridized carbons (Fsp3) is 0.556. The fourth-order valence-electron chi connectivity index (χ4n) is 0.743. The third kappa shape index (κ3) is 6.19. The molecule has 2 N–H and O–H groups in total. The van der Waals surface area contributed by atoms with E-state index in [1.165, 1.54) is 0 Å². The third-order valence-corrected chi connectivity index (χ3v) is 1.47. The fourth-order valence-corrected chi connectivity index (χ4v) is 0.743. The molecule has 0 aromatic carbocycles. The highest BCUT2D eigenvalue weighted by Crippen LogP contribution is 1.97. The number of hydrogen-bond donors (Lipinski definition) is 2. The van der Waals surface area contributed by atoms with E-state index < -0.39 is 11.9 Å². The van der Waals surface area contributed by atoms with Crippen molar-refractivity contribution in [2.45, 2.75) is 19.8 Å². The first-order valence-corrected chi connectivity index (χ1v) is 4.32. The summed E-state index contributed by atoms with van der Waals surface area (Å²) < 4.78 is 4.99. The average Bonchev–Trinajstić information content (AvgIpc) is 2.09. The van der Waals surface area contributed by atoms with Gasteiger partial charge in [-0.1, -0.05) is 13.3 Å².